The van der Waals surface area contributed by atoms with Gasteiger partial charge in [0.1, 0.15) is 11.2 Å². The molecule has 1 fully saturated rings. The van der Waals surface area contributed by atoms with Gasteiger partial charge in [-0.25, -0.2) is 4.79 Å². The summed E-state index contributed by atoms with van der Waals surface area (Å²) in [5.41, 5.74) is -0.639. The average molecular weight is 348 g/mol. The summed E-state index contributed by atoms with van der Waals surface area (Å²) < 4.78 is 6.25. The molecule has 0 spiro atoms. The first-order chi connectivity index (χ1) is 8.71. The minimum atomic E-state index is -0.976. The van der Waals surface area contributed by atoms with E-state index in [9.17, 15) is 9.90 Å². The number of rotatable bonds is 1. The number of halogens is 1. The molecule has 1 N–H and O–H groups in total. The van der Waals surface area contributed by atoms with Crippen molar-refractivity contribution in [1.29, 1.82) is 0 Å². The molecule has 0 aromatic carbocycles. The summed E-state index contributed by atoms with van der Waals surface area (Å²) in [6.45, 7) is 6.29. The predicted molar refractivity (Wildman–Crippen MR) is 78.3 cm³/mol. The Morgan fingerprint density at radius 1 is 1.58 bits per heavy atom. The first-order valence-corrected chi connectivity index (χ1v) is 7.82. The highest BCUT2D eigenvalue weighted by Crippen LogP contribution is 2.39. The van der Waals surface area contributed by atoms with Crippen LogP contribution in [0.3, 0.4) is 0 Å². The zero-order valence-corrected chi connectivity index (χ0v) is 13.7. The Morgan fingerprint density at radius 3 is 2.79 bits per heavy atom. The molecule has 1 aromatic heterocycles. The van der Waals surface area contributed by atoms with Gasteiger partial charge in [-0.1, -0.05) is 0 Å². The number of thiophene rings is 1. The van der Waals surface area contributed by atoms with Crippen LogP contribution in [0.4, 0.5) is 4.79 Å². The first kappa shape index (κ1) is 14.8. The standard InChI is InChI=1S/C13H18BrNO3S/c1-12(2,3)18-11(16)15-6-5-13(17,8-15)9-4-7-19-10(9)14/h4,7,17H,5-6,8H2,1-3H3/t13-/m1/s1. The van der Waals surface area contributed by atoms with E-state index in [4.69, 9.17) is 4.74 Å². The molecule has 1 aliphatic heterocycles. The van der Waals surface area contributed by atoms with Crippen LogP contribution in [0, 0.1) is 0 Å². The van der Waals surface area contributed by atoms with Crippen molar-refractivity contribution in [3.05, 3.63) is 20.8 Å². The minimum absolute atomic E-state index is 0.275. The number of amides is 1. The highest BCUT2D eigenvalue weighted by molar-refractivity contribution is 9.11. The van der Waals surface area contributed by atoms with Gasteiger partial charge in [-0.05, 0) is 54.6 Å². The van der Waals surface area contributed by atoms with Gasteiger partial charge in [-0.2, -0.15) is 0 Å². The Kier molecular flexibility index (Phi) is 3.95. The van der Waals surface area contributed by atoms with Crippen molar-refractivity contribution in [2.75, 3.05) is 13.1 Å². The van der Waals surface area contributed by atoms with Crippen molar-refractivity contribution in [2.24, 2.45) is 0 Å². The molecule has 2 heterocycles. The topological polar surface area (TPSA) is 49.8 Å². The molecular weight excluding hydrogens is 330 g/mol. The van der Waals surface area contributed by atoms with E-state index in [1.54, 1.807) is 4.90 Å². The second-order valence-electron chi connectivity index (χ2n) is 5.79. The second kappa shape index (κ2) is 5.07. The predicted octanol–water partition coefficient (Wildman–Crippen LogP) is 3.34. The summed E-state index contributed by atoms with van der Waals surface area (Å²) in [4.78, 5) is 13.6. The fourth-order valence-electron chi connectivity index (χ4n) is 2.12. The lowest BCUT2D eigenvalue weighted by Gasteiger charge is -2.26. The van der Waals surface area contributed by atoms with Gasteiger partial charge in [0.25, 0.3) is 0 Å². The molecule has 1 saturated heterocycles. The first-order valence-electron chi connectivity index (χ1n) is 6.15. The molecule has 19 heavy (non-hydrogen) atoms. The van der Waals surface area contributed by atoms with Crippen LogP contribution >= 0.6 is 27.3 Å². The molecule has 0 aliphatic carbocycles. The van der Waals surface area contributed by atoms with Crippen molar-refractivity contribution >= 4 is 33.4 Å². The fraction of sp³-hybridized carbons (Fsp3) is 0.615. The zero-order chi connectivity index (χ0) is 14.3. The molecule has 1 atom stereocenters. The average Bonchev–Trinajstić information content (AvgIpc) is 2.83. The molecule has 6 heteroatoms. The highest BCUT2D eigenvalue weighted by Gasteiger charge is 2.42. The Bertz CT molecular complexity index is 482. The zero-order valence-electron chi connectivity index (χ0n) is 11.3. The monoisotopic (exact) mass is 347 g/mol. The lowest BCUT2D eigenvalue weighted by atomic mass is 9.96. The number of hydrogen-bond acceptors (Lipinski definition) is 4. The third-order valence-corrected chi connectivity index (χ3v) is 4.71. The number of carbonyl (C=O) groups is 1. The van der Waals surface area contributed by atoms with Crippen LogP contribution in [-0.2, 0) is 10.3 Å². The molecule has 106 valence electrons. The van der Waals surface area contributed by atoms with Crippen LogP contribution < -0.4 is 0 Å². The third kappa shape index (κ3) is 3.30. The summed E-state index contributed by atoms with van der Waals surface area (Å²) in [6, 6.07) is 1.90. The van der Waals surface area contributed by atoms with E-state index in [0.717, 1.165) is 9.35 Å². The van der Waals surface area contributed by atoms with Crippen LogP contribution in [0.25, 0.3) is 0 Å². The Labute approximate surface area is 125 Å². The fourth-order valence-corrected chi connectivity index (χ4v) is 3.66. The van der Waals surface area contributed by atoms with E-state index in [-0.39, 0.29) is 12.6 Å². The molecule has 2 rings (SSSR count). The largest absolute Gasteiger partial charge is 0.444 e. The van der Waals surface area contributed by atoms with E-state index in [1.165, 1.54) is 11.3 Å². The van der Waals surface area contributed by atoms with Gasteiger partial charge in [-0.3, -0.25) is 0 Å². The van der Waals surface area contributed by atoms with Gasteiger partial charge in [0, 0.05) is 12.1 Å². The van der Waals surface area contributed by atoms with E-state index in [0.29, 0.717) is 13.0 Å². The summed E-state index contributed by atoms with van der Waals surface area (Å²) in [6.07, 6.45) is 0.163. The van der Waals surface area contributed by atoms with E-state index >= 15 is 0 Å². The van der Waals surface area contributed by atoms with Crippen LogP contribution in [0.15, 0.2) is 15.2 Å². The Hall–Kier alpha value is -0.590. The number of ether oxygens (including phenoxy) is 1. The van der Waals surface area contributed by atoms with Gasteiger partial charge in [-0.15, -0.1) is 11.3 Å². The van der Waals surface area contributed by atoms with E-state index in [2.05, 4.69) is 15.9 Å². The lowest BCUT2D eigenvalue weighted by Crippen LogP contribution is -2.38. The van der Waals surface area contributed by atoms with E-state index in [1.807, 2.05) is 32.2 Å². The second-order valence-corrected chi connectivity index (χ2v) is 8.03. The molecule has 1 amide bonds. The quantitative estimate of drug-likeness (QED) is 0.847. The van der Waals surface area contributed by atoms with Crippen molar-refractivity contribution in [3.63, 3.8) is 0 Å². The Morgan fingerprint density at radius 2 is 2.26 bits per heavy atom. The van der Waals surface area contributed by atoms with Crippen LogP contribution in [0.1, 0.15) is 32.8 Å². The maximum atomic E-state index is 12.0. The number of nitrogens with zero attached hydrogens (tertiary/aromatic N) is 1. The van der Waals surface area contributed by atoms with Crippen molar-refractivity contribution in [1.82, 2.24) is 4.90 Å². The summed E-state index contributed by atoms with van der Waals surface area (Å²) in [5.74, 6) is 0. The number of likely N-dealkylation sites (tertiary alicyclic amines) is 1. The van der Waals surface area contributed by atoms with Crippen molar-refractivity contribution in [3.8, 4) is 0 Å². The van der Waals surface area contributed by atoms with Crippen molar-refractivity contribution < 1.29 is 14.6 Å². The number of β-amino-alcohol motifs (C(OH)–C–C–N with tert-alkyl or cyclic N) is 1. The minimum Gasteiger partial charge on any atom is -0.444 e. The summed E-state index contributed by atoms with van der Waals surface area (Å²) in [7, 11) is 0. The molecule has 0 bridgehead atoms. The highest BCUT2D eigenvalue weighted by atomic mass is 79.9. The summed E-state index contributed by atoms with van der Waals surface area (Å²) >= 11 is 4.97. The lowest BCUT2D eigenvalue weighted by molar-refractivity contribution is 0.0139. The molecule has 0 radical (unpaired) electrons. The SMILES string of the molecule is CC(C)(C)OC(=O)N1CC[C@](O)(c2ccsc2Br)C1. The molecular formula is C13H18BrNO3S. The van der Waals surface area contributed by atoms with Gasteiger partial charge in [0.15, 0.2) is 0 Å². The van der Waals surface area contributed by atoms with Crippen LogP contribution in [-0.4, -0.2) is 34.8 Å². The van der Waals surface area contributed by atoms with Gasteiger partial charge >= 0.3 is 6.09 Å². The number of hydrogen-bond donors (Lipinski definition) is 1. The molecule has 4 nitrogen and oxygen atoms in total. The van der Waals surface area contributed by atoms with E-state index < -0.39 is 11.2 Å². The molecule has 0 unspecified atom stereocenters. The normalized spacial score (nSPS) is 23.7. The van der Waals surface area contributed by atoms with Gasteiger partial charge in [0.05, 0.1) is 10.3 Å². The number of carbonyl (C=O) groups excluding carboxylic acids is 1. The smallest absolute Gasteiger partial charge is 0.410 e. The van der Waals surface area contributed by atoms with Crippen LogP contribution in [0.5, 0.6) is 0 Å². The van der Waals surface area contributed by atoms with Gasteiger partial charge < -0.3 is 14.7 Å². The maximum absolute atomic E-state index is 12.0. The molecule has 0 saturated carbocycles. The third-order valence-electron chi connectivity index (χ3n) is 3.02. The molecule has 1 aliphatic rings. The van der Waals surface area contributed by atoms with Crippen LogP contribution in [0.2, 0.25) is 0 Å². The van der Waals surface area contributed by atoms with Crippen molar-refractivity contribution in [2.45, 2.75) is 38.4 Å². The van der Waals surface area contributed by atoms with Gasteiger partial charge in [0.2, 0.25) is 0 Å². The molecule has 1 aromatic rings. The number of aliphatic hydroxyl groups is 1. The summed E-state index contributed by atoms with van der Waals surface area (Å²) in [5, 5.41) is 12.6. The Balaban J connectivity index is 2.08. The maximum Gasteiger partial charge on any atom is 0.410 e.